The molecule has 226 valence electrons. The van der Waals surface area contributed by atoms with Crippen molar-refractivity contribution in [3.05, 3.63) is 76.3 Å². The number of aliphatic carboxylic acids is 1. The van der Waals surface area contributed by atoms with Gasteiger partial charge in [-0.25, -0.2) is 9.78 Å². The van der Waals surface area contributed by atoms with E-state index in [1.165, 1.54) is 16.7 Å². The van der Waals surface area contributed by atoms with Gasteiger partial charge in [-0.15, -0.1) is 0 Å². The van der Waals surface area contributed by atoms with Gasteiger partial charge in [0.05, 0.1) is 11.1 Å². The molecule has 6 rings (SSSR count). The molecule has 0 spiro atoms. The molecule has 1 aromatic heterocycles. The van der Waals surface area contributed by atoms with Crippen molar-refractivity contribution in [1.29, 1.82) is 0 Å². The third kappa shape index (κ3) is 5.67. The molecule has 0 bridgehead atoms. The average molecular weight is 584 g/mol. The summed E-state index contributed by atoms with van der Waals surface area (Å²) in [5.41, 5.74) is 6.52. The van der Waals surface area contributed by atoms with E-state index in [-0.39, 0.29) is 12.0 Å². The van der Waals surface area contributed by atoms with Crippen molar-refractivity contribution in [1.82, 2.24) is 9.88 Å². The molecule has 1 saturated carbocycles. The Hall–Kier alpha value is -4.07. The Morgan fingerprint density at radius 2 is 1.81 bits per heavy atom. The lowest BCUT2D eigenvalue weighted by Crippen LogP contribution is -2.38. The number of carbonyl (C=O) groups excluding carboxylic acids is 1. The number of nitrogens with zero attached hydrogens (tertiary/aromatic N) is 3. The summed E-state index contributed by atoms with van der Waals surface area (Å²) in [6, 6.07) is 16.3. The van der Waals surface area contributed by atoms with Crippen molar-refractivity contribution < 1.29 is 24.2 Å². The quantitative estimate of drug-likeness (QED) is 0.370. The van der Waals surface area contributed by atoms with Crippen LogP contribution in [-0.2, 0) is 29.0 Å². The number of aryl methyl sites for hydroxylation is 1. The van der Waals surface area contributed by atoms with E-state index >= 15 is 0 Å². The normalized spacial score (nSPS) is 21.1. The molecule has 0 radical (unpaired) electrons. The third-order valence-corrected chi connectivity index (χ3v) is 9.23. The maximum Gasteiger partial charge on any atom is 0.410 e. The van der Waals surface area contributed by atoms with Crippen molar-refractivity contribution >= 4 is 17.9 Å². The van der Waals surface area contributed by atoms with Crippen LogP contribution in [-0.4, -0.2) is 58.8 Å². The van der Waals surface area contributed by atoms with Gasteiger partial charge in [0.25, 0.3) is 0 Å². The maximum absolute atomic E-state index is 12.7. The van der Waals surface area contributed by atoms with Crippen LogP contribution in [0.2, 0.25) is 0 Å². The highest BCUT2D eigenvalue weighted by molar-refractivity contribution is 5.81. The number of carboxylic acids is 1. The second kappa shape index (κ2) is 10.9. The molecule has 2 fully saturated rings. The van der Waals surface area contributed by atoms with E-state index in [0.717, 1.165) is 59.8 Å². The molecule has 1 aliphatic carbocycles. The lowest BCUT2D eigenvalue weighted by Gasteiger charge is -2.26. The highest BCUT2D eigenvalue weighted by atomic mass is 16.6. The van der Waals surface area contributed by atoms with Crippen molar-refractivity contribution in [2.24, 2.45) is 11.3 Å². The van der Waals surface area contributed by atoms with Gasteiger partial charge in [0.15, 0.2) is 0 Å². The number of hydrogen-bond donors (Lipinski definition) is 1. The molecule has 3 aliphatic rings. The highest BCUT2D eigenvalue weighted by Crippen LogP contribution is 2.58. The number of benzene rings is 2. The molecule has 2 atom stereocenters. The van der Waals surface area contributed by atoms with Gasteiger partial charge in [0, 0.05) is 31.7 Å². The van der Waals surface area contributed by atoms with Gasteiger partial charge in [-0.05, 0) is 106 Å². The fourth-order valence-corrected chi connectivity index (χ4v) is 6.66. The van der Waals surface area contributed by atoms with Crippen LogP contribution in [0.4, 0.5) is 10.6 Å². The Morgan fingerprint density at radius 1 is 1.05 bits per heavy atom. The molecule has 2 aliphatic heterocycles. The summed E-state index contributed by atoms with van der Waals surface area (Å²) in [7, 11) is 0. The van der Waals surface area contributed by atoms with Gasteiger partial charge in [-0.1, -0.05) is 30.3 Å². The molecular formula is C35H41N3O5. The van der Waals surface area contributed by atoms with Crippen LogP contribution >= 0.6 is 0 Å². The zero-order valence-electron chi connectivity index (χ0n) is 25.8. The maximum atomic E-state index is 12.7. The summed E-state index contributed by atoms with van der Waals surface area (Å²) in [4.78, 5) is 33.4. The molecule has 3 heterocycles. The minimum atomic E-state index is -0.695. The molecule has 1 amide bonds. The number of aromatic nitrogens is 1. The SMILES string of the molecule is Cc1cccc(-c2cccc(N3CC4C[C@]4(C(=O)O)C3)n2)c1OCc1ccc2c(c1C)CCN(C(=O)OC(C)(C)C)CC2. The number of piperidine rings is 1. The minimum absolute atomic E-state index is 0.206. The van der Waals surface area contributed by atoms with Crippen molar-refractivity contribution in [2.75, 3.05) is 31.1 Å². The van der Waals surface area contributed by atoms with E-state index in [9.17, 15) is 14.7 Å². The first kappa shape index (κ1) is 29.0. The molecule has 1 unspecified atom stereocenters. The Bertz CT molecular complexity index is 1580. The van der Waals surface area contributed by atoms with E-state index < -0.39 is 17.0 Å². The topological polar surface area (TPSA) is 92.2 Å². The molecule has 8 heteroatoms. The van der Waals surface area contributed by atoms with Gasteiger partial charge in [0.2, 0.25) is 0 Å². The van der Waals surface area contributed by atoms with Crippen molar-refractivity contribution in [2.45, 2.75) is 66.1 Å². The molecule has 1 N–H and O–H groups in total. The summed E-state index contributed by atoms with van der Waals surface area (Å²) < 4.78 is 12.2. The number of amides is 1. The van der Waals surface area contributed by atoms with Gasteiger partial charge in [-0.2, -0.15) is 0 Å². The smallest absolute Gasteiger partial charge is 0.410 e. The second-order valence-corrected chi connectivity index (χ2v) is 13.3. The van der Waals surface area contributed by atoms with Crippen LogP contribution in [0.1, 0.15) is 55.0 Å². The Morgan fingerprint density at radius 3 is 2.56 bits per heavy atom. The molecule has 3 aromatic rings. The first-order valence-corrected chi connectivity index (χ1v) is 15.2. The zero-order chi connectivity index (χ0) is 30.5. The second-order valence-electron chi connectivity index (χ2n) is 13.3. The molecule has 43 heavy (non-hydrogen) atoms. The predicted molar refractivity (Wildman–Crippen MR) is 166 cm³/mol. The fraction of sp³-hybridized carbons (Fsp3) is 0.457. The van der Waals surface area contributed by atoms with E-state index in [0.29, 0.717) is 26.2 Å². The predicted octanol–water partition coefficient (Wildman–Crippen LogP) is 6.19. The van der Waals surface area contributed by atoms with Crippen molar-refractivity contribution in [3.63, 3.8) is 0 Å². The van der Waals surface area contributed by atoms with E-state index in [1.54, 1.807) is 0 Å². The molecular weight excluding hydrogens is 542 g/mol. The van der Waals surface area contributed by atoms with Crippen LogP contribution < -0.4 is 9.64 Å². The van der Waals surface area contributed by atoms with Crippen LogP contribution in [0.5, 0.6) is 5.75 Å². The largest absolute Gasteiger partial charge is 0.488 e. The number of carbonyl (C=O) groups is 2. The summed E-state index contributed by atoms with van der Waals surface area (Å²) in [6.07, 6.45) is 2.08. The molecule has 8 nitrogen and oxygen atoms in total. The van der Waals surface area contributed by atoms with Gasteiger partial charge in [-0.3, -0.25) is 4.79 Å². The first-order valence-electron chi connectivity index (χ1n) is 15.2. The highest BCUT2D eigenvalue weighted by Gasteiger charge is 2.65. The summed E-state index contributed by atoms with van der Waals surface area (Å²) >= 11 is 0. The number of ether oxygens (including phenoxy) is 2. The fourth-order valence-electron chi connectivity index (χ4n) is 6.66. The number of rotatable bonds is 6. The Kier molecular flexibility index (Phi) is 7.35. The number of para-hydroxylation sites is 1. The molecule has 1 saturated heterocycles. The van der Waals surface area contributed by atoms with Gasteiger partial charge >= 0.3 is 12.1 Å². The standard InChI is InChI=1S/C35H41N3O5/c1-22-8-6-9-28(29-10-7-11-30(36-29)38-19-26-18-35(26,21-38)32(39)40)31(22)42-20-25-13-12-24-14-16-37(17-15-27(24)23(25)2)33(41)43-34(3,4)5/h6-13,26H,14-21H2,1-5H3,(H,39,40)/t26?,35-/m0/s1. The number of carboxylic acid groups (broad SMARTS) is 1. The average Bonchev–Trinajstić information content (AvgIpc) is 3.61. The summed E-state index contributed by atoms with van der Waals surface area (Å²) in [6.45, 7) is 12.8. The number of pyridine rings is 1. The van der Waals surface area contributed by atoms with E-state index in [1.807, 2.05) is 69.0 Å². The van der Waals surface area contributed by atoms with Crippen molar-refractivity contribution in [3.8, 4) is 17.0 Å². The van der Waals surface area contributed by atoms with Gasteiger partial charge < -0.3 is 24.4 Å². The molecule has 2 aromatic carbocycles. The van der Waals surface area contributed by atoms with Crippen LogP contribution in [0.25, 0.3) is 11.3 Å². The van der Waals surface area contributed by atoms with Crippen LogP contribution in [0, 0.1) is 25.2 Å². The monoisotopic (exact) mass is 583 g/mol. The first-order chi connectivity index (χ1) is 20.4. The lowest BCUT2D eigenvalue weighted by atomic mass is 9.94. The lowest BCUT2D eigenvalue weighted by molar-refractivity contribution is -0.143. The van der Waals surface area contributed by atoms with Crippen LogP contribution in [0.3, 0.4) is 0 Å². The summed E-state index contributed by atoms with van der Waals surface area (Å²) in [5.74, 6) is 1.11. The number of fused-ring (bicyclic) bond motifs is 2. The number of anilines is 1. The zero-order valence-corrected chi connectivity index (χ0v) is 25.8. The number of hydrogen-bond acceptors (Lipinski definition) is 6. The Labute approximate surface area is 253 Å². The van der Waals surface area contributed by atoms with E-state index in [4.69, 9.17) is 14.5 Å². The minimum Gasteiger partial charge on any atom is -0.488 e. The Balaban J connectivity index is 1.19. The van der Waals surface area contributed by atoms with Crippen LogP contribution in [0.15, 0.2) is 48.5 Å². The van der Waals surface area contributed by atoms with Gasteiger partial charge in [0.1, 0.15) is 23.8 Å². The third-order valence-electron chi connectivity index (χ3n) is 9.23. The van der Waals surface area contributed by atoms with E-state index in [2.05, 4.69) is 24.0 Å². The summed E-state index contributed by atoms with van der Waals surface area (Å²) in [5, 5.41) is 9.72.